The Balaban J connectivity index is 2.07. The van der Waals surface area contributed by atoms with Gasteiger partial charge in [-0.25, -0.2) is 0 Å². The average Bonchev–Trinajstić information content (AvgIpc) is 2.90. The van der Waals surface area contributed by atoms with E-state index in [0.717, 1.165) is 0 Å². The van der Waals surface area contributed by atoms with Crippen molar-refractivity contribution in [2.45, 2.75) is 0 Å². The molecule has 1 aromatic heterocycles. The van der Waals surface area contributed by atoms with Crippen LogP contribution in [-0.4, -0.2) is 23.3 Å². The monoisotopic (exact) mass is 244 g/mol. The van der Waals surface area contributed by atoms with Crippen LogP contribution >= 0.6 is 0 Å². The zero-order chi connectivity index (χ0) is 13.0. The fourth-order valence-electron chi connectivity index (χ4n) is 1.52. The topological polar surface area (TPSA) is 85.2 Å². The minimum absolute atomic E-state index is 0.148. The molecule has 3 N–H and O–H groups in total. The second-order valence-corrected chi connectivity index (χ2v) is 3.66. The Morgan fingerprint density at radius 3 is 2.61 bits per heavy atom. The Hall–Kier alpha value is -2.56. The third-order valence-corrected chi connectivity index (χ3v) is 2.41. The van der Waals surface area contributed by atoms with Gasteiger partial charge in [-0.05, 0) is 24.3 Å². The molecular formula is C13H12N2O3. The quantitative estimate of drug-likeness (QED) is 0.779. The fourth-order valence-corrected chi connectivity index (χ4v) is 1.52. The molecule has 5 heteroatoms. The molecule has 2 aromatic rings. The van der Waals surface area contributed by atoms with Crippen LogP contribution in [0.2, 0.25) is 0 Å². The van der Waals surface area contributed by atoms with E-state index in [1.807, 2.05) is 0 Å². The Morgan fingerprint density at radius 1 is 1.17 bits per heavy atom. The van der Waals surface area contributed by atoms with Gasteiger partial charge >= 0.3 is 0 Å². The summed E-state index contributed by atoms with van der Waals surface area (Å²) < 4.78 is 5.31. The van der Waals surface area contributed by atoms with Gasteiger partial charge in [0.2, 0.25) is 5.78 Å². The Morgan fingerprint density at radius 2 is 1.94 bits per heavy atom. The van der Waals surface area contributed by atoms with Crippen LogP contribution in [0.15, 0.2) is 42.6 Å². The van der Waals surface area contributed by atoms with Gasteiger partial charge in [0.05, 0.1) is 11.3 Å². The lowest BCUT2D eigenvalue weighted by atomic mass is 10.2. The number of ether oxygens (including phenoxy) is 1. The minimum atomic E-state index is -0.585. The number of nitrogens with two attached hydrogens (primary N) is 1. The molecule has 0 aliphatic carbocycles. The van der Waals surface area contributed by atoms with E-state index < -0.39 is 5.91 Å². The number of benzene rings is 1. The molecule has 0 spiro atoms. The van der Waals surface area contributed by atoms with Gasteiger partial charge in [-0.3, -0.25) is 9.59 Å². The van der Waals surface area contributed by atoms with Gasteiger partial charge in [-0.15, -0.1) is 0 Å². The number of primary amides is 1. The normalized spacial score (nSPS) is 10.0. The average molecular weight is 244 g/mol. The highest BCUT2D eigenvalue weighted by molar-refractivity contribution is 5.97. The van der Waals surface area contributed by atoms with Crippen LogP contribution in [0.3, 0.4) is 0 Å². The van der Waals surface area contributed by atoms with Crippen molar-refractivity contribution in [3.63, 3.8) is 0 Å². The van der Waals surface area contributed by atoms with Crippen LogP contribution in [0.1, 0.15) is 20.8 Å². The van der Waals surface area contributed by atoms with Crippen molar-refractivity contribution in [2.24, 2.45) is 5.73 Å². The number of rotatable bonds is 5. The van der Waals surface area contributed by atoms with Gasteiger partial charge in [0, 0.05) is 6.20 Å². The van der Waals surface area contributed by atoms with Crippen LogP contribution in [0.25, 0.3) is 0 Å². The lowest BCUT2D eigenvalue weighted by Crippen LogP contribution is -2.16. The summed E-state index contributed by atoms with van der Waals surface area (Å²) in [6.07, 6.45) is 1.66. The van der Waals surface area contributed by atoms with Crippen LogP contribution in [0.4, 0.5) is 0 Å². The highest BCUT2D eigenvalue weighted by Crippen LogP contribution is 2.17. The molecule has 2 rings (SSSR count). The third kappa shape index (κ3) is 2.57. The lowest BCUT2D eigenvalue weighted by Gasteiger charge is -2.07. The van der Waals surface area contributed by atoms with Crippen LogP contribution in [0.5, 0.6) is 5.75 Å². The summed E-state index contributed by atoms with van der Waals surface area (Å²) in [5.74, 6) is -0.470. The maximum atomic E-state index is 11.7. The highest BCUT2D eigenvalue weighted by atomic mass is 16.5. The summed E-state index contributed by atoms with van der Waals surface area (Å²) >= 11 is 0. The van der Waals surface area contributed by atoms with Gasteiger partial charge in [0.1, 0.15) is 5.75 Å². The Kier molecular flexibility index (Phi) is 3.43. The molecule has 0 saturated heterocycles. The Bertz CT molecular complexity index is 561. The fraction of sp³-hybridized carbons (Fsp3) is 0.0769. The van der Waals surface area contributed by atoms with E-state index in [1.165, 1.54) is 0 Å². The van der Waals surface area contributed by atoms with Crippen molar-refractivity contribution in [3.05, 3.63) is 53.9 Å². The standard InChI is InChI=1S/C13H12N2O3/c14-13(17)9-4-1-2-6-12(9)18-8-11(16)10-5-3-7-15-10/h1-7,15H,8H2,(H2,14,17). The number of ketones is 1. The molecular weight excluding hydrogens is 232 g/mol. The first-order valence-corrected chi connectivity index (χ1v) is 5.36. The molecule has 18 heavy (non-hydrogen) atoms. The van der Waals surface area contributed by atoms with Crippen molar-refractivity contribution in [1.82, 2.24) is 4.98 Å². The minimum Gasteiger partial charge on any atom is -0.485 e. The number of aromatic amines is 1. The molecule has 1 amide bonds. The summed E-state index contributed by atoms with van der Waals surface area (Å²) in [5, 5.41) is 0. The van der Waals surface area contributed by atoms with Crippen LogP contribution < -0.4 is 10.5 Å². The third-order valence-electron chi connectivity index (χ3n) is 2.41. The van der Waals surface area contributed by atoms with Crippen LogP contribution in [-0.2, 0) is 0 Å². The number of Topliss-reactive ketones (excluding diaryl/α,β-unsaturated/α-hetero) is 1. The number of carbonyl (C=O) groups excluding carboxylic acids is 2. The zero-order valence-electron chi connectivity index (χ0n) is 9.55. The van der Waals surface area contributed by atoms with E-state index in [-0.39, 0.29) is 18.0 Å². The first-order valence-electron chi connectivity index (χ1n) is 5.36. The molecule has 0 aliphatic heterocycles. The van der Waals surface area contributed by atoms with Gasteiger partial charge < -0.3 is 15.5 Å². The number of aromatic nitrogens is 1. The number of para-hydroxylation sites is 1. The van der Waals surface area contributed by atoms with E-state index in [0.29, 0.717) is 11.4 Å². The second-order valence-electron chi connectivity index (χ2n) is 3.66. The number of nitrogens with one attached hydrogen (secondary N) is 1. The summed E-state index contributed by atoms with van der Waals surface area (Å²) in [4.78, 5) is 25.6. The van der Waals surface area contributed by atoms with Gasteiger partial charge in [-0.2, -0.15) is 0 Å². The number of amides is 1. The molecule has 5 nitrogen and oxygen atoms in total. The molecule has 1 heterocycles. The molecule has 0 bridgehead atoms. The van der Waals surface area contributed by atoms with Gasteiger partial charge in [0.15, 0.2) is 6.61 Å². The van der Waals surface area contributed by atoms with E-state index in [1.54, 1.807) is 42.6 Å². The maximum absolute atomic E-state index is 11.7. The molecule has 92 valence electrons. The smallest absolute Gasteiger partial charge is 0.252 e. The van der Waals surface area contributed by atoms with Gasteiger partial charge in [0.25, 0.3) is 5.91 Å². The van der Waals surface area contributed by atoms with Crippen molar-refractivity contribution in [1.29, 1.82) is 0 Å². The molecule has 0 radical (unpaired) electrons. The molecule has 0 atom stereocenters. The van der Waals surface area contributed by atoms with Crippen molar-refractivity contribution >= 4 is 11.7 Å². The summed E-state index contributed by atoms with van der Waals surface area (Å²) in [6, 6.07) is 9.93. The Labute approximate surface area is 104 Å². The van der Waals surface area contributed by atoms with E-state index >= 15 is 0 Å². The predicted molar refractivity (Wildman–Crippen MR) is 65.6 cm³/mol. The summed E-state index contributed by atoms with van der Waals surface area (Å²) in [6.45, 7) is -0.148. The number of H-pyrrole nitrogens is 1. The molecule has 0 saturated carbocycles. The van der Waals surface area contributed by atoms with E-state index in [9.17, 15) is 9.59 Å². The largest absolute Gasteiger partial charge is 0.485 e. The molecule has 1 aromatic carbocycles. The number of carbonyl (C=O) groups is 2. The van der Waals surface area contributed by atoms with Crippen LogP contribution in [0, 0.1) is 0 Å². The first-order chi connectivity index (χ1) is 8.68. The molecule has 0 unspecified atom stereocenters. The zero-order valence-corrected chi connectivity index (χ0v) is 9.55. The maximum Gasteiger partial charge on any atom is 0.252 e. The highest BCUT2D eigenvalue weighted by Gasteiger charge is 2.11. The summed E-state index contributed by atoms with van der Waals surface area (Å²) in [5.41, 5.74) is 5.93. The number of hydrogen-bond donors (Lipinski definition) is 2. The lowest BCUT2D eigenvalue weighted by molar-refractivity contribution is 0.0908. The predicted octanol–water partition coefficient (Wildman–Crippen LogP) is 1.38. The van der Waals surface area contributed by atoms with E-state index in [2.05, 4.69) is 4.98 Å². The summed E-state index contributed by atoms with van der Waals surface area (Å²) in [7, 11) is 0. The number of hydrogen-bond acceptors (Lipinski definition) is 3. The van der Waals surface area contributed by atoms with Gasteiger partial charge in [-0.1, -0.05) is 12.1 Å². The van der Waals surface area contributed by atoms with Crippen molar-refractivity contribution in [3.8, 4) is 5.75 Å². The first kappa shape index (κ1) is 11.9. The van der Waals surface area contributed by atoms with Crippen molar-refractivity contribution in [2.75, 3.05) is 6.61 Å². The van der Waals surface area contributed by atoms with E-state index in [4.69, 9.17) is 10.5 Å². The molecule has 0 aliphatic rings. The SMILES string of the molecule is NC(=O)c1ccccc1OCC(=O)c1ccc[nH]1. The second kappa shape index (κ2) is 5.18. The van der Waals surface area contributed by atoms with Crippen molar-refractivity contribution < 1.29 is 14.3 Å². The molecule has 0 fully saturated rings.